The zero-order valence-corrected chi connectivity index (χ0v) is 24.7. The molecule has 6 nitrogen and oxygen atoms in total. The first-order valence-electron chi connectivity index (χ1n) is 14.9. The highest BCUT2D eigenvalue weighted by Crippen LogP contribution is 2.27. The van der Waals surface area contributed by atoms with Gasteiger partial charge in [-0.25, -0.2) is 0 Å². The Hall–Kier alpha value is -3.61. The molecule has 1 heterocycles. The van der Waals surface area contributed by atoms with E-state index in [1.165, 1.54) is 10.9 Å². The minimum atomic E-state index is -0.756. The van der Waals surface area contributed by atoms with Gasteiger partial charge >= 0.3 is 0 Å². The lowest BCUT2D eigenvalue weighted by molar-refractivity contribution is -0.122. The Balaban J connectivity index is 1.43. The molecule has 0 radical (unpaired) electrons. The summed E-state index contributed by atoms with van der Waals surface area (Å²) in [5, 5.41) is 18.9. The van der Waals surface area contributed by atoms with Crippen molar-refractivity contribution < 1.29 is 14.6 Å². The van der Waals surface area contributed by atoms with E-state index < -0.39 is 12.1 Å². The number of carbonyl (C=O) groups is 1. The molecule has 4 rings (SSSR count). The van der Waals surface area contributed by atoms with Gasteiger partial charge in [0.25, 0.3) is 0 Å². The van der Waals surface area contributed by atoms with Crippen molar-refractivity contribution in [3.8, 4) is 5.75 Å². The number of nitrogens with one attached hydrogen (secondary N) is 2. The number of aliphatic hydroxyl groups is 1. The summed E-state index contributed by atoms with van der Waals surface area (Å²) in [6.45, 7) is 5.42. The van der Waals surface area contributed by atoms with Gasteiger partial charge in [0.05, 0.1) is 25.7 Å². The van der Waals surface area contributed by atoms with E-state index in [0.29, 0.717) is 25.6 Å². The molecule has 0 aliphatic heterocycles. The van der Waals surface area contributed by atoms with Crippen LogP contribution in [0.5, 0.6) is 5.75 Å². The van der Waals surface area contributed by atoms with Gasteiger partial charge < -0.3 is 25.0 Å². The number of fused-ring (bicyclic) bond motifs is 1. The first-order valence-corrected chi connectivity index (χ1v) is 14.9. The lowest BCUT2D eigenvalue weighted by Gasteiger charge is -2.25. The van der Waals surface area contributed by atoms with Gasteiger partial charge in [-0.1, -0.05) is 81.3 Å². The minimum Gasteiger partial charge on any atom is -0.497 e. The third-order valence-corrected chi connectivity index (χ3v) is 7.72. The van der Waals surface area contributed by atoms with Crippen LogP contribution in [0.2, 0.25) is 0 Å². The molecule has 0 fully saturated rings. The van der Waals surface area contributed by atoms with Crippen molar-refractivity contribution in [2.45, 2.75) is 77.1 Å². The molecule has 41 heavy (non-hydrogen) atoms. The monoisotopic (exact) mass is 555 g/mol. The predicted octanol–water partition coefficient (Wildman–Crippen LogP) is 6.21. The summed E-state index contributed by atoms with van der Waals surface area (Å²) >= 11 is 0. The molecule has 0 spiro atoms. The Labute approximate surface area is 244 Å². The topological polar surface area (TPSA) is 75.5 Å². The standard InChI is InChI=1S/C35H45N3O3/c1-4-10-30(11-5-2)38-19-18-29-17-16-27(22-33(29)38)23-35(40)37-32(21-26-12-7-6-8-13-26)34(39)25-36-24-28-14-9-15-31(20-28)41-3/h6-9,12-20,22,30,32,34,36,39H,4-5,10-11,21,23-25H2,1-3H3,(H,37,40)/t32-,34+/m0/s1. The van der Waals surface area contributed by atoms with E-state index in [0.717, 1.165) is 48.1 Å². The van der Waals surface area contributed by atoms with Crippen molar-refractivity contribution in [2.24, 2.45) is 0 Å². The molecule has 6 heteroatoms. The molecule has 0 aliphatic carbocycles. The maximum absolute atomic E-state index is 13.3. The van der Waals surface area contributed by atoms with Gasteiger partial charge in [0, 0.05) is 30.8 Å². The summed E-state index contributed by atoms with van der Waals surface area (Å²) < 4.78 is 7.70. The molecule has 218 valence electrons. The molecule has 0 saturated carbocycles. The lowest BCUT2D eigenvalue weighted by atomic mass is 10.00. The Morgan fingerprint density at radius 3 is 2.39 bits per heavy atom. The van der Waals surface area contributed by atoms with Crippen LogP contribution >= 0.6 is 0 Å². The van der Waals surface area contributed by atoms with E-state index in [1.807, 2.05) is 60.7 Å². The first-order chi connectivity index (χ1) is 20.0. The highest BCUT2D eigenvalue weighted by molar-refractivity contribution is 5.84. The number of aromatic nitrogens is 1. The average Bonchev–Trinajstić information content (AvgIpc) is 3.40. The summed E-state index contributed by atoms with van der Waals surface area (Å²) in [7, 11) is 1.65. The zero-order chi connectivity index (χ0) is 29.0. The molecule has 2 atom stereocenters. The average molecular weight is 556 g/mol. The van der Waals surface area contributed by atoms with Gasteiger partial charge in [0.15, 0.2) is 0 Å². The highest BCUT2D eigenvalue weighted by Gasteiger charge is 2.22. The fraction of sp³-hybridized carbons (Fsp3) is 0.400. The third kappa shape index (κ3) is 8.69. The Morgan fingerprint density at radius 2 is 1.66 bits per heavy atom. The molecule has 0 unspecified atom stereocenters. The van der Waals surface area contributed by atoms with Crippen LogP contribution in [0.1, 0.15) is 62.3 Å². The number of nitrogens with zero attached hydrogens (tertiary/aromatic N) is 1. The number of hydrogen-bond acceptors (Lipinski definition) is 4. The van der Waals surface area contributed by atoms with Crippen LogP contribution in [0.4, 0.5) is 0 Å². The smallest absolute Gasteiger partial charge is 0.224 e. The van der Waals surface area contributed by atoms with Crippen molar-refractivity contribution in [2.75, 3.05) is 13.7 Å². The number of amides is 1. The molecule has 3 aromatic carbocycles. The normalized spacial score (nSPS) is 12.9. The van der Waals surface area contributed by atoms with Gasteiger partial charge in [-0.05, 0) is 65.6 Å². The molecule has 0 aliphatic rings. The second-order valence-electron chi connectivity index (χ2n) is 10.9. The molecule has 0 bridgehead atoms. The molecule has 1 aromatic heterocycles. The van der Waals surface area contributed by atoms with Crippen LogP contribution in [0.3, 0.4) is 0 Å². The largest absolute Gasteiger partial charge is 0.497 e. The number of carbonyl (C=O) groups excluding carboxylic acids is 1. The number of aliphatic hydroxyl groups excluding tert-OH is 1. The Bertz CT molecular complexity index is 1360. The maximum atomic E-state index is 13.3. The highest BCUT2D eigenvalue weighted by atomic mass is 16.5. The second kappa shape index (κ2) is 15.4. The molecular weight excluding hydrogens is 510 g/mol. The van der Waals surface area contributed by atoms with Crippen LogP contribution in [0, 0.1) is 0 Å². The number of rotatable bonds is 16. The van der Waals surface area contributed by atoms with Gasteiger partial charge in [-0.3, -0.25) is 4.79 Å². The number of hydrogen-bond donors (Lipinski definition) is 3. The van der Waals surface area contributed by atoms with Gasteiger partial charge in [-0.15, -0.1) is 0 Å². The van der Waals surface area contributed by atoms with E-state index in [-0.39, 0.29) is 12.3 Å². The minimum absolute atomic E-state index is 0.0890. The fourth-order valence-corrected chi connectivity index (χ4v) is 5.60. The first kappa shape index (κ1) is 30.4. The molecule has 0 saturated heterocycles. The van der Waals surface area contributed by atoms with E-state index in [4.69, 9.17) is 4.74 Å². The summed E-state index contributed by atoms with van der Waals surface area (Å²) in [5.41, 5.74) is 4.30. The molecule has 4 aromatic rings. The van der Waals surface area contributed by atoms with Gasteiger partial charge in [0.1, 0.15) is 5.75 Å². The fourth-order valence-electron chi connectivity index (χ4n) is 5.60. The van der Waals surface area contributed by atoms with E-state index >= 15 is 0 Å². The summed E-state index contributed by atoms with van der Waals surface area (Å²) in [6, 6.07) is 26.4. The van der Waals surface area contributed by atoms with Crippen LogP contribution in [0.15, 0.2) is 85.1 Å². The van der Waals surface area contributed by atoms with Crippen LogP contribution in [-0.4, -0.2) is 41.4 Å². The van der Waals surface area contributed by atoms with E-state index in [1.54, 1.807) is 7.11 Å². The molecule has 3 N–H and O–H groups in total. The summed E-state index contributed by atoms with van der Waals surface area (Å²) in [6.07, 6.45) is 6.83. The number of methoxy groups -OCH3 is 1. The van der Waals surface area contributed by atoms with Crippen molar-refractivity contribution in [3.63, 3.8) is 0 Å². The number of benzene rings is 3. The maximum Gasteiger partial charge on any atom is 0.224 e. The lowest BCUT2D eigenvalue weighted by Crippen LogP contribution is -2.49. The van der Waals surface area contributed by atoms with Crippen LogP contribution < -0.4 is 15.4 Å². The quantitative estimate of drug-likeness (QED) is 0.154. The zero-order valence-electron chi connectivity index (χ0n) is 24.7. The number of ether oxygens (including phenoxy) is 1. The van der Waals surface area contributed by atoms with Crippen molar-refractivity contribution >= 4 is 16.8 Å². The second-order valence-corrected chi connectivity index (χ2v) is 10.9. The van der Waals surface area contributed by atoms with E-state index in [9.17, 15) is 9.90 Å². The van der Waals surface area contributed by atoms with Crippen LogP contribution in [-0.2, 0) is 24.2 Å². The van der Waals surface area contributed by atoms with Crippen LogP contribution in [0.25, 0.3) is 10.9 Å². The Morgan fingerprint density at radius 1 is 0.902 bits per heavy atom. The predicted molar refractivity (Wildman–Crippen MR) is 167 cm³/mol. The van der Waals surface area contributed by atoms with Crippen molar-refractivity contribution in [3.05, 3.63) is 102 Å². The van der Waals surface area contributed by atoms with Gasteiger partial charge in [-0.2, -0.15) is 0 Å². The third-order valence-electron chi connectivity index (χ3n) is 7.72. The van der Waals surface area contributed by atoms with Gasteiger partial charge in [0.2, 0.25) is 5.91 Å². The SMILES string of the molecule is CCCC(CCC)n1ccc2ccc(CC(=O)N[C@@H](Cc3ccccc3)[C@H](O)CNCc3cccc(OC)c3)cc21. The van der Waals surface area contributed by atoms with Crippen molar-refractivity contribution in [1.29, 1.82) is 0 Å². The van der Waals surface area contributed by atoms with Crippen molar-refractivity contribution in [1.82, 2.24) is 15.2 Å². The molecular formula is C35H45N3O3. The Kier molecular flexibility index (Phi) is 11.4. The summed E-state index contributed by atoms with van der Waals surface area (Å²) in [4.78, 5) is 13.3. The van der Waals surface area contributed by atoms with E-state index in [2.05, 4.69) is 53.4 Å². The summed E-state index contributed by atoms with van der Waals surface area (Å²) in [5.74, 6) is 0.713. The molecule has 1 amide bonds.